The van der Waals surface area contributed by atoms with E-state index in [0.717, 1.165) is 15.9 Å². The van der Waals surface area contributed by atoms with Crippen LogP contribution in [-0.4, -0.2) is 23.3 Å². The number of carbonyl (C=O) groups is 1. The first kappa shape index (κ1) is 29.3. The normalized spacial score (nSPS) is 15.3. The predicted molar refractivity (Wildman–Crippen MR) is 149 cm³/mol. The Morgan fingerprint density at radius 3 is 2.45 bits per heavy atom. The average Bonchev–Trinajstić information content (AvgIpc) is 3.27. The van der Waals surface area contributed by atoms with Gasteiger partial charge in [0.05, 0.1) is 22.8 Å². The minimum Gasteiger partial charge on any atom is -0.488 e. The van der Waals surface area contributed by atoms with E-state index in [4.69, 9.17) is 21.1 Å². The van der Waals surface area contributed by atoms with E-state index in [2.05, 4.69) is 4.99 Å². The van der Waals surface area contributed by atoms with Gasteiger partial charge >= 0.3 is 12.1 Å². The van der Waals surface area contributed by atoms with Crippen LogP contribution in [0.15, 0.2) is 93.9 Å². The van der Waals surface area contributed by atoms with Crippen LogP contribution in [0.1, 0.15) is 29.7 Å². The van der Waals surface area contributed by atoms with E-state index in [1.165, 1.54) is 43.3 Å². The van der Waals surface area contributed by atoms with Crippen LogP contribution in [-0.2, 0) is 16.1 Å². The molecular weight excluding hydrogens is 596 g/mol. The summed E-state index contributed by atoms with van der Waals surface area (Å²) < 4.78 is 68.9. The number of alkyl halides is 3. The molecule has 1 aromatic heterocycles. The van der Waals surface area contributed by atoms with E-state index in [1.54, 1.807) is 42.5 Å². The van der Waals surface area contributed by atoms with Gasteiger partial charge in [-0.25, -0.2) is 14.2 Å². The van der Waals surface area contributed by atoms with Gasteiger partial charge in [0.2, 0.25) is 0 Å². The van der Waals surface area contributed by atoms with E-state index in [0.29, 0.717) is 21.9 Å². The van der Waals surface area contributed by atoms with Crippen molar-refractivity contribution >= 4 is 35.0 Å². The monoisotopic (exact) mass is 616 g/mol. The summed E-state index contributed by atoms with van der Waals surface area (Å²) in [5.41, 5.74) is -1.96. The molecule has 0 aliphatic carbocycles. The van der Waals surface area contributed by atoms with E-state index in [-0.39, 0.29) is 28.1 Å². The van der Waals surface area contributed by atoms with Crippen molar-refractivity contribution < 1.29 is 31.8 Å². The molecule has 0 N–H and O–H groups in total. The zero-order valence-corrected chi connectivity index (χ0v) is 23.4. The van der Waals surface area contributed by atoms with Crippen molar-refractivity contribution in [2.24, 2.45) is 4.99 Å². The van der Waals surface area contributed by atoms with Gasteiger partial charge in [-0.05, 0) is 42.8 Å². The molecule has 0 bridgehead atoms. The third-order valence-corrected chi connectivity index (χ3v) is 7.56. The molecule has 2 heterocycles. The maximum atomic E-state index is 14.3. The van der Waals surface area contributed by atoms with Crippen LogP contribution in [0.4, 0.5) is 17.6 Å². The lowest BCUT2D eigenvalue weighted by molar-refractivity contribution is -0.140. The number of allylic oxidation sites excluding steroid dienone is 1. The largest absolute Gasteiger partial charge is 0.488 e. The Morgan fingerprint density at radius 1 is 1.07 bits per heavy atom. The number of halogens is 5. The maximum absolute atomic E-state index is 14.3. The molecule has 3 aromatic carbocycles. The van der Waals surface area contributed by atoms with E-state index >= 15 is 0 Å². The van der Waals surface area contributed by atoms with Gasteiger partial charge in [0, 0.05) is 16.1 Å². The lowest BCUT2D eigenvalue weighted by atomic mass is 9.95. The number of nitrogens with zero attached hydrogens (tertiary/aromatic N) is 2. The molecule has 5 rings (SSSR count). The zero-order chi connectivity index (χ0) is 30.0. The molecule has 12 heteroatoms. The Balaban J connectivity index is 1.67. The number of carbonyl (C=O) groups excluding carboxylic acids is 1. The van der Waals surface area contributed by atoms with Crippen LogP contribution in [0.25, 0.3) is 6.08 Å². The summed E-state index contributed by atoms with van der Waals surface area (Å²) in [5, 5.41) is 0.316. The lowest BCUT2D eigenvalue weighted by Gasteiger charge is -2.26. The predicted octanol–water partition coefficient (Wildman–Crippen LogP) is 5.71. The fourth-order valence-electron chi connectivity index (χ4n) is 4.44. The first-order chi connectivity index (χ1) is 20.1. The van der Waals surface area contributed by atoms with E-state index < -0.39 is 40.8 Å². The molecule has 0 saturated carbocycles. The summed E-state index contributed by atoms with van der Waals surface area (Å²) >= 11 is 6.74. The number of fused-ring (bicyclic) bond motifs is 1. The Bertz CT molecular complexity index is 1860. The van der Waals surface area contributed by atoms with Crippen LogP contribution in [0.5, 0.6) is 5.75 Å². The third-order valence-electron chi connectivity index (χ3n) is 6.33. The number of rotatable bonds is 7. The van der Waals surface area contributed by atoms with Gasteiger partial charge in [0.25, 0.3) is 5.56 Å². The number of thiazole rings is 1. The van der Waals surface area contributed by atoms with Crippen molar-refractivity contribution in [2.75, 3.05) is 6.61 Å². The fourth-order valence-corrected chi connectivity index (χ4v) is 5.56. The van der Waals surface area contributed by atoms with Crippen LogP contribution >= 0.6 is 22.9 Å². The second-order valence-electron chi connectivity index (χ2n) is 9.03. The highest BCUT2D eigenvalue weighted by atomic mass is 35.5. The van der Waals surface area contributed by atoms with Crippen molar-refractivity contribution in [1.82, 2.24) is 4.57 Å². The third kappa shape index (κ3) is 5.88. The SMILES string of the molecule is CCOC(=O)C1=C(C(F)(F)F)N=c2s/c(=C\c3ccccc3OCc3ccccc3F)c(=O)n2[C@H]1c1ccc(Cl)cc1. The second kappa shape index (κ2) is 11.9. The summed E-state index contributed by atoms with van der Waals surface area (Å²) in [6.45, 7) is 1.19. The van der Waals surface area contributed by atoms with Gasteiger partial charge in [-0.2, -0.15) is 13.2 Å². The van der Waals surface area contributed by atoms with Crippen molar-refractivity contribution in [3.63, 3.8) is 0 Å². The highest BCUT2D eigenvalue weighted by Gasteiger charge is 2.45. The van der Waals surface area contributed by atoms with Gasteiger partial charge in [-0.3, -0.25) is 9.36 Å². The molecule has 6 nitrogen and oxygen atoms in total. The zero-order valence-electron chi connectivity index (χ0n) is 21.8. The molecular formula is C30H21ClF4N2O4S. The van der Waals surface area contributed by atoms with E-state index in [1.807, 2.05) is 0 Å². The van der Waals surface area contributed by atoms with Crippen LogP contribution < -0.4 is 19.6 Å². The van der Waals surface area contributed by atoms with Gasteiger partial charge in [-0.15, -0.1) is 0 Å². The summed E-state index contributed by atoms with van der Waals surface area (Å²) in [6.07, 6.45) is -3.56. The Labute approximate surface area is 245 Å². The molecule has 1 aliphatic rings. The quantitative estimate of drug-likeness (QED) is 0.197. The minimum absolute atomic E-state index is 0.0429. The van der Waals surface area contributed by atoms with Crippen molar-refractivity contribution in [1.29, 1.82) is 0 Å². The Kier molecular flexibility index (Phi) is 8.33. The second-order valence-corrected chi connectivity index (χ2v) is 10.5. The first-order valence-electron chi connectivity index (χ1n) is 12.6. The topological polar surface area (TPSA) is 69.9 Å². The Morgan fingerprint density at radius 2 is 1.76 bits per heavy atom. The van der Waals surface area contributed by atoms with Gasteiger partial charge in [-0.1, -0.05) is 71.5 Å². The fraction of sp³-hybridized carbons (Fsp3) is 0.167. The Hall–Kier alpha value is -4.22. The number of hydrogen-bond acceptors (Lipinski definition) is 6. The molecule has 0 spiro atoms. The highest BCUT2D eigenvalue weighted by Crippen LogP contribution is 2.38. The lowest BCUT2D eigenvalue weighted by Crippen LogP contribution is -2.41. The molecule has 216 valence electrons. The highest BCUT2D eigenvalue weighted by molar-refractivity contribution is 7.07. The standard InChI is InChI=1S/C30H21ClF4N2O4S/c1-2-40-28(39)24-25(17-11-13-20(31)14-12-17)37-27(38)23(42-29(37)36-26(24)30(33,34)35)15-18-7-4-6-10-22(18)41-16-19-8-3-5-9-21(19)32/h3-15,25H,2,16H2,1H3/b23-15-/t25-/m0/s1. The average molecular weight is 617 g/mol. The first-order valence-corrected chi connectivity index (χ1v) is 13.8. The maximum Gasteiger partial charge on any atom is 0.434 e. The van der Waals surface area contributed by atoms with Crippen LogP contribution in [0.3, 0.4) is 0 Å². The molecule has 1 aliphatic heterocycles. The molecule has 0 fully saturated rings. The number of benzene rings is 3. The summed E-state index contributed by atoms with van der Waals surface area (Å²) in [5.74, 6) is -1.36. The van der Waals surface area contributed by atoms with Crippen LogP contribution in [0, 0.1) is 5.82 Å². The van der Waals surface area contributed by atoms with Crippen LogP contribution in [0.2, 0.25) is 5.02 Å². The number of hydrogen-bond donors (Lipinski definition) is 0. The molecule has 1 atom stereocenters. The number of para-hydroxylation sites is 1. The minimum atomic E-state index is -5.02. The smallest absolute Gasteiger partial charge is 0.434 e. The summed E-state index contributed by atoms with van der Waals surface area (Å²) in [4.78, 5) is 30.2. The number of ether oxygens (including phenoxy) is 2. The summed E-state index contributed by atoms with van der Waals surface area (Å²) in [6, 6.07) is 17.1. The van der Waals surface area contributed by atoms with Crippen molar-refractivity contribution in [3.8, 4) is 5.75 Å². The van der Waals surface area contributed by atoms with Gasteiger partial charge < -0.3 is 9.47 Å². The van der Waals surface area contributed by atoms with Gasteiger partial charge in [0.15, 0.2) is 10.5 Å². The summed E-state index contributed by atoms with van der Waals surface area (Å²) in [7, 11) is 0. The molecule has 0 unspecified atom stereocenters. The van der Waals surface area contributed by atoms with Gasteiger partial charge in [0.1, 0.15) is 18.2 Å². The van der Waals surface area contributed by atoms with Crippen molar-refractivity contribution in [2.45, 2.75) is 25.7 Å². The molecule has 0 radical (unpaired) electrons. The number of esters is 1. The molecule has 4 aromatic rings. The van der Waals surface area contributed by atoms with E-state index in [9.17, 15) is 27.2 Å². The molecule has 42 heavy (non-hydrogen) atoms. The van der Waals surface area contributed by atoms with Crippen molar-refractivity contribution in [3.05, 3.63) is 131 Å². The number of aromatic nitrogens is 1. The molecule has 0 amide bonds. The molecule has 0 saturated heterocycles.